The maximum atomic E-state index is 5.73. The molecule has 1 aliphatic carbocycles. The van der Waals surface area contributed by atoms with E-state index in [1.807, 2.05) is 0 Å². The minimum Gasteiger partial charge on any atom is -0.368 e. The van der Waals surface area contributed by atoms with Crippen molar-refractivity contribution in [3.63, 3.8) is 0 Å². The smallest absolute Gasteiger partial charge is 0.231 e. The number of hydrogen-bond donors (Lipinski definition) is 2. The Labute approximate surface area is 101 Å². The molecule has 2 fully saturated rings. The molecule has 2 heterocycles. The molecule has 1 saturated carbocycles. The third-order valence-electron chi connectivity index (χ3n) is 3.45. The van der Waals surface area contributed by atoms with Crippen LogP contribution in [0.1, 0.15) is 26.2 Å². The zero-order valence-corrected chi connectivity index (χ0v) is 10.1. The number of rotatable bonds is 3. The molecule has 17 heavy (non-hydrogen) atoms. The summed E-state index contributed by atoms with van der Waals surface area (Å²) in [6.45, 7) is 4.25. The van der Waals surface area contributed by atoms with E-state index < -0.39 is 0 Å². The zero-order valence-electron chi connectivity index (χ0n) is 10.1. The van der Waals surface area contributed by atoms with E-state index in [-0.39, 0.29) is 0 Å². The van der Waals surface area contributed by atoms with Crippen molar-refractivity contribution in [3.05, 3.63) is 0 Å². The van der Waals surface area contributed by atoms with Crippen molar-refractivity contribution in [2.75, 3.05) is 29.0 Å². The van der Waals surface area contributed by atoms with Gasteiger partial charge in [-0.1, -0.05) is 6.92 Å². The summed E-state index contributed by atoms with van der Waals surface area (Å²) in [4.78, 5) is 15.0. The number of aromatic nitrogens is 3. The van der Waals surface area contributed by atoms with E-state index in [4.69, 9.17) is 5.73 Å². The normalized spacial score (nSPS) is 27.2. The van der Waals surface area contributed by atoms with E-state index in [0.29, 0.717) is 29.8 Å². The molecular weight excluding hydrogens is 216 g/mol. The minimum atomic E-state index is 0.303. The molecule has 1 aromatic rings. The standard InChI is InChI=1S/C11H18N6/c1-7-6-8(7)13-10-14-9(12)15-11(16-10)17-4-2-3-5-17/h7-8H,2-6H2,1H3,(H3,12,13,14,15,16). The Balaban J connectivity index is 1.78. The summed E-state index contributed by atoms with van der Waals surface area (Å²) < 4.78 is 0. The Bertz CT molecular complexity index is 414. The van der Waals surface area contributed by atoms with Gasteiger partial charge in [0.2, 0.25) is 17.8 Å². The number of hydrogen-bond acceptors (Lipinski definition) is 6. The van der Waals surface area contributed by atoms with Gasteiger partial charge in [0.25, 0.3) is 0 Å². The summed E-state index contributed by atoms with van der Waals surface area (Å²) in [6, 6.07) is 0.503. The van der Waals surface area contributed by atoms with Gasteiger partial charge in [-0.2, -0.15) is 15.0 Å². The van der Waals surface area contributed by atoms with Crippen molar-refractivity contribution in [2.24, 2.45) is 5.92 Å². The topological polar surface area (TPSA) is 80.0 Å². The predicted octanol–water partition coefficient (Wildman–Crippen LogP) is 0.874. The third kappa shape index (κ3) is 2.25. The van der Waals surface area contributed by atoms with Gasteiger partial charge in [-0.15, -0.1) is 0 Å². The van der Waals surface area contributed by atoms with E-state index in [0.717, 1.165) is 13.1 Å². The molecule has 0 radical (unpaired) electrons. The van der Waals surface area contributed by atoms with Crippen LogP contribution in [0.5, 0.6) is 0 Å². The second-order valence-corrected chi connectivity index (χ2v) is 4.98. The van der Waals surface area contributed by atoms with Gasteiger partial charge in [-0.3, -0.25) is 0 Å². The maximum Gasteiger partial charge on any atom is 0.231 e. The average molecular weight is 234 g/mol. The molecule has 0 spiro atoms. The third-order valence-corrected chi connectivity index (χ3v) is 3.45. The van der Waals surface area contributed by atoms with E-state index in [1.54, 1.807) is 0 Å². The van der Waals surface area contributed by atoms with Crippen LogP contribution in [0.25, 0.3) is 0 Å². The van der Waals surface area contributed by atoms with Crippen molar-refractivity contribution in [3.8, 4) is 0 Å². The molecule has 0 bridgehead atoms. The van der Waals surface area contributed by atoms with Gasteiger partial charge in [-0.05, 0) is 25.2 Å². The molecule has 1 saturated heterocycles. The molecule has 2 unspecified atom stereocenters. The summed E-state index contributed by atoms with van der Waals surface area (Å²) in [5, 5.41) is 3.30. The maximum absolute atomic E-state index is 5.73. The lowest BCUT2D eigenvalue weighted by Crippen LogP contribution is -2.22. The van der Waals surface area contributed by atoms with Crippen LogP contribution >= 0.6 is 0 Å². The fourth-order valence-corrected chi connectivity index (χ4v) is 2.19. The highest BCUT2D eigenvalue weighted by atomic mass is 15.3. The first-order valence-electron chi connectivity index (χ1n) is 6.25. The number of nitrogen functional groups attached to an aromatic ring is 1. The van der Waals surface area contributed by atoms with E-state index in [1.165, 1.54) is 19.3 Å². The van der Waals surface area contributed by atoms with Crippen LogP contribution in [0.3, 0.4) is 0 Å². The molecule has 1 aromatic heterocycles. The molecule has 0 aromatic carbocycles. The zero-order chi connectivity index (χ0) is 11.8. The van der Waals surface area contributed by atoms with Crippen LogP contribution in [0.15, 0.2) is 0 Å². The molecule has 3 rings (SSSR count). The lowest BCUT2D eigenvalue weighted by molar-refractivity contribution is 0.869. The van der Waals surface area contributed by atoms with Crippen LogP contribution in [0, 0.1) is 5.92 Å². The van der Waals surface area contributed by atoms with E-state index >= 15 is 0 Å². The van der Waals surface area contributed by atoms with Crippen molar-refractivity contribution < 1.29 is 0 Å². The van der Waals surface area contributed by atoms with Crippen molar-refractivity contribution in [1.82, 2.24) is 15.0 Å². The fourth-order valence-electron chi connectivity index (χ4n) is 2.19. The molecule has 1 aliphatic heterocycles. The first-order chi connectivity index (χ1) is 8.22. The second kappa shape index (κ2) is 4.01. The van der Waals surface area contributed by atoms with Gasteiger partial charge in [0.05, 0.1) is 0 Å². The first-order valence-corrected chi connectivity index (χ1v) is 6.25. The van der Waals surface area contributed by atoms with Crippen LogP contribution in [0.2, 0.25) is 0 Å². The highest BCUT2D eigenvalue weighted by molar-refractivity contribution is 5.43. The van der Waals surface area contributed by atoms with Crippen LogP contribution in [0.4, 0.5) is 17.8 Å². The van der Waals surface area contributed by atoms with Gasteiger partial charge in [-0.25, -0.2) is 0 Å². The number of anilines is 3. The minimum absolute atomic E-state index is 0.303. The molecule has 2 aliphatic rings. The molecule has 2 atom stereocenters. The summed E-state index contributed by atoms with van der Waals surface area (Å²) in [6.07, 6.45) is 3.59. The van der Waals surface area contributed by atoms with Crippen LogP contribution in [-0.4, -0.2) is 34.1 Å². The number of nitrogens with two attached hydrogens (primary N) is 1. The van der Waals surface area contributed by atoms with Crippen molar-refractivity contribution >= 4 is 17.8 Å². The number of nitrogens with zero attached hydrogens (tertiary/aromatic N) is 4. The molecule has 0 amide bonds. The Morgan fingerprint density at radius 1 is 1.24 bits per heavy atom. The van der Waals surface area contributed by atoms with Gasteiger partial charge >= 0.3 is 0 Å². The molecular formula is C11H18N6. The lowest BCUT2D eigenvalue weighted by atomic mass is 10.4. The van der Waals surface area contributed by atoms with Gasteiger partial charge in [0.15, 0.2) is 0 Å². The molecule has 6 nitrogen and oxygen atoms in total. The average Bonchev–Trinajstić information content (AvgIpc) is 2.83. The van der Waals surface area contributed by atoms with E-state index in [9.17, 15) is 0 Å². The summed E-state index contributed by atoms with van der Waals surface area (Å²) >= 11 is 0. The van der Waals surface area contributed by atoms with Crippen molar-refractivity contribution in [2.45, 2.75) is 32.2 Å². The Morgan fingerprint density at radius 3 is 2.59 bits per heavy atom. The monoisotopic (exact) mass is 234 g/mol. The lowest BCUT2D eigenvalue weighted by Gasteiger charge is -2.15. The predicted molar refractivity (Wildman–Crippen MR) is 66.9 cm³/mol. The number of nitrogens with one attached hydrogen (secondary N) is 1. The molecule has 6 heteroatoms. The second-order valence-electron chi connectivity index (χ2n) is 4.98. The van der Waals surface area contributed by atoms with Gasteiger partial charge < -0.3 is 16.0 Å². The SMILES string of the molecule is CC1CC1Nc1nc(N)nc(N2CCCC2)n1. The van der Waals surface area contributed by atoms with E-state index in [2.05, 4.69) is 32.1 Å². The quantitative estimate of drug-likeness (QED) is 0.808. The Kier molecular flexibility index (Phi) is 2.49. The highest BCUT2D eigenvalue weighted by Gasteiger charge is 2.33. The summed E-state index contributed by atoms with van der Waals surface area (Å²) in [5.41, 5.74) is 5.73. The van der Waals surface area contributed by atoms with Crippen LogP contribution in [-0.2, 0) is 0 Å². The molecule has 3 N–H and O–H groups in total. The summed E-state index contributed by atoms with van der Waals surface area (Å²) in [5.74, 6) is 2.35. The highest BCUT2D eigenvalue weighted by Crippen LogP contribution is 2.32. The largest absolute Gasteiger partial charge is 0.368 e. The van der Waals surface area contributed by atoms with Gasteiger partial charge in [0, 0.05) is 19.1 Å². The Morgan fingerprint density at radius 2 is 1.94 bits per heavy atom. The summed E-state index contributed by atoms with van der Waals surface area (Å²) in [7, 11) is 0. The van der Waals surface area contributed by atoms with Gasteiger partial charge in [0.1, 0.15) is 0 Å². The Hall–Kier alpha value is -1.59. The molecule has 92 valence electrons. The van der Waals surface area contributed by atoms with Crippen molar-refractivity contribution in [1.29, 1.82) is 0 Å². The first kappa shape index (κ1) is 10.6. The van der Waals surface area contributed by atoms with Crippen LogP contribution < -0.4 is 16.0 Å². The fraction of sp³-hybridized carbons (Fsp3) is 0.727.